The number of nitrogens with zero attached hydrogens (tertiary/aromatic N) is 3. The van der Waals surface area contributed by atoms with Crippen molar-refractivity contribution in [2.24, 2.45) is 5.73 Å². The molecule has 2 heterocycles. The van der Waals surface area contributed by atoms with Crippen molar-refractivity contribution in [1.82, 2.24) is 19.2 Å². The van der Waals surface area contributed by atoms with Gasteiger partial charge in [0.25, 0.3) is 0 Å². The summed E-state index contributed by atoms with van der Waals surface area (Å²) in [5.41, 5.74) is 6.28. The van der Waals surface area contributed by atoms with Gasteiger partial charge < -0.3 is 10.3 Å². The van der Waals surface area contributed by atoms with E-state index in [4.69, 9.17) is 5.73 Å². The van der Waals surface area contributed by atoms with Crippen molar-refractivity contribution in [1.29, 1.82) is 0 Å². The lowest BCUT2D eigenvalue weighted by Crippen LogP contribution is -2.36. The lowest BCUT2D eigenvalue weighted by molar-refractivity contribution is -0.117. The maximum atomic E-state index is 12.9. The minimum Gasteiger partial charge on any atom is -0.351 e. The molecule has 0 spiro atoms. The first-order valence-electron chi connectivity index (χ1n) is 9.05. The summed E-state index contributed by atoms with van der Waals surface area (Å²) in [4.78, 5) is 27.1. The van der Waals surface area contributed by atoms with Gasteiger partial charge in [-0.25, -0.2) is 18.2 Å². The number of thioether (sulfide) groups is 1. The van der Waals surface area contributed by atoms with Crippen LogP contribution < -0.4 is 11.1 Å². The Balaban J connectivity index is 1.88. The summed E-state index contributed by atoms with van der Waals surface area (Å²) in [6, 6.07) is 4.03. The molecule has 9 nitrogen and oxygen atoms in total. The SMILES string of the molecule is CCn1c(SCC(=O)NC(N)=O)nc2cc(S(=O)(=O)N3CCCCC3)ccc21. The van der Waals surface area contributed by atoms with Crippen molar-refractivity contribution in [2.75, 3.05) is 18.8 Å². The van der Waals surface area contributed by atoms with Gasteiger partial charge in [0.05, 0.1) is 21.7 Å². The lowest BCUT2D eigenvalue weighted by atomic mass is 10.2. The molecule has 11 heteroatoms. The average molecular weight is 426 g/mol. The molecule has 0 radical (unpaired) electrons. The van der Waals surface area contributed by atoms with Crippen LogP contribution in [-0.4, -0.2) is 53.1 Å². The number of urea groups is 1. The van der Waals surface area contributed by atoms with E-state index in [2.05, 4.69) is 4.98 Å². The van der Waals surface area contributed by atoms with Gasteiger partial charge in [-0.3, -0.25) is 10.1 Å². The number of hydrogen-bond acceptors (Lipinski definition) is 6. The summed E-state index contributed by atoms with van der Waals surface area (Å²) in [5, 5.41) is 2.58. The van der Waals surface area contributed by atoms with Gasteiger partial charge in [-0.2, -0.15) is 4.31 Å². The molecule has 28 heavy (non-hydrogen) atoms. The minimum absolute atomic E-state index is 0.0226. The number of rotatable bonds is 6. The number of aromatic nitrogens is 2. The molecule has 1 fully saturated rings. The predicted molar refractivity (Wildman–Crippen MR) is 106 cm³/mol. The Labute approximate surface area is 167 Å². The Morgan fingerprint density at radius 2 is 1.96 bits per heavy atom. The number of nitrogens with two attached hydrogens (primary N) is 1. The van der Waals surface area contributed by atoms with E-state index in [1.165, 1.54) is 4.31 Å². The molecule has 1 aliphatic rings. The maximum Gasteiger partial charge on any atom is 0.318 e. The van der Waals surface area contributed by atoms with Crippen LogP contribution in [0.15, 0.2) is 28.3 Å². The fourth-order valence-electron chi connectivity index (χ4n) is 3.22. The standard InChI is InChI=1S/C17H23N5O4S2/c1-2-22-14-7-6-12(28(25,26)21-8-4-3-5-9-21)10-13(14)19-17(22)27-11-15(23)20-16(18)24/h6-7,10H,2-5,8-9,11H2,1H3,(H3,18,20,23,24). The summed E-state index contributed by atoms with van der Waals surface area (Å²) in [6.07, 6.45) is 2.80. The number of sulfonamides is 1. The molecule has 0 aliphatic carbocycles. The summed E-state index contributed by atoms with van der Waals surface area (Å²) in [5.74, 6) is -0.536. The molecule has 1 aliphatic heterocycles. The van der Waals surface area contributed by atoms with Crippen LogP contribution in [0.2, 0.25) is 0 Å². The first kappa shape index (κ1) is 20.6. The van der Waals surface area contributed by atoms with Crippen LogP contribution in [0.25, 0.3) is 11.0 Å². The first-order valence-corrected chi connectivity index (χ1v) is 11.5. The van der Waals surface area contributed by atoms with Gasteiger partial charge in [0, 0.05) is 19.6 Å². The van der Waals surface area contributed by atoms with Crippen LogP contribution >= 0.6 is 11.8 Å². The number of primary amides is 1. The van der Waals surface area contributed by atoms with Gasteiger partial charge in [0.1, 0.15) is 0 Å². The number of amides is 3. The molecule has 1 saturated heterocycles. The highest BCUT2D eigenvalue weighted by atomic mass is 32.2. The van der Waals surface area contributed by atoms with E-state index in [0.717, 1.165) is 36.5 Å². The Bertz CT molecular complexity index is 996. The zero-order valence-corrected chi connectivity index (χ0v) is 17.2. The number of carbonyl (C=O) groups excluding carboxylic acids is 2. The third-order valence-corrected chi connectivity index (χ3v) is 7.42. The van der Waals surface area contributed by atoms with Gasteiger partial charge in [-0.15, -0.1) is 0 Å². The van der Waals surface area contributed by atoms with Crippen molar-refractivity contribution in [2.45, 2.75) is 42.8 Å². The second kappa shape index (κ2) is 8.50. The third-order valence-electron chi connectivity index (χ3n) is 4.55. The Morgan fingerprint density at radius 3 is 2.61 bits per heavy atom. The summed E-state index contributed by atoms with van der Waals surface area (Å²) in [7, 11) is -3.54. The zero-order chi connectivity index (χ0) is 20.3. The summed E-state index contributed by atoms with van der Waals surface area (Å²) < 4.78 is 29.2. The number of carbonyl (C=O) groups is 2. The quantitative estimate of drug-likeness (QED) is 0.676. The second-order valence-electron chi connectivity index (χ2n) is 6.46. The highest BCUT2D eigenvalue weighted by molar-refractivity contribution is 7.99. The number of nitrogens with one attached hydrogen (secondary N) is 1. The molecule has 3 N–H and O–H groups in total. The highest BCUT2D eigenvalue weighted by Gasteiger charge is 2.26. The van der Waals surface area contributed by atoms with E-state index in [0.29, 0.717) is 30.3 Å². The molecule has 0 atom stereocenters. The minimum atomic E-state index is -3.54. The van der Waals surface area contributed by atoms with E-state index in [1.807, 2.05) is 16.8 Å². The van der Waals surface area contributed by atoms with Crippen LogP contribution in [0.1, 0.15) is 26.2 Å². The van der Waals surface area contributed by atoms with Crippen LogP contribution in [0.3, 0.4) is 0 Å². The molecule has 0 saturated carbocycles. The van der Waals surface area contributed by atoms with Crippen LogP contribution in [0.4, 0.5) is 4.79 Å². The summed E-state index contributed by atoms with van der Waals surface area (Å²) >= 11 is 1.16. The molecule has 2 aromatic rings. The number of hydrogen-bond donors (Lipinski definition) is 2. The number of aryl methyl sites for hydroxylation is 1. The third kappa shape index (κ3) is 4.31. The highest BCUT2D eigenvalue weighted by Crippen LogP contribution is 2.28. The fourth-order valence-corrected chi connectivity index (χ4v) is 5.64. The molecule has 3 rings (SSSR count). The fraction of sp³-hybridized carbons (Fsp3) is 0.471. The van der Waals surface area contributed by atoms with Gasteiger partial charge in [0.2, 0.25) is 15.9 Å². The molecule has 0 unspecified atom stereocenters. The molecular weight excluding hydrogens is 402 g/mol. The maximum absolute atomic E-state index is 12.9. The molecule has 3 amide bonds. The van der Waals surface area contributed by atoms with E-state index >= 15 is 0 Å². The smallest absolute Gasteiger partial charge is 0.318 e. The average Bonchev–Trinajstić information content (AvgIpc) is 3.03. The molecule has 1 aromatic heterocycles. The van der Waals surface area contributed by atoms with Gasteiger partial charge in [-0.05, 0) is 38.0 Å². The van der Waals surface area contributed by atoms with Gasteiger partial charge in [-0.1, -0.05) is 18.2 Å². The predicted octanol–water partition coefficient (Wildman–Crippen LogP) is 1.52. The normalized spacial score (nSPS) is 15.6. The number of imide groups is 1. The van der Waals surface area contributed by atoms with E-state index in [-0.39, 0.29) is 10.6 Å². The lowest BCUT2D eigenvalue weighted by Gasteiger charge is -2.25. The van der Waals surface area contributed by atoms with E-state index in [1.54, 1.807) is 18.2 Å². The van der Waals surface area contributed by atoms with Gasteiger partial charge in [0.15, 0.2) is 5.16 Å². The van der Waals surface area contributed by atoms with Crippen molar-refractivity contribution in [3.8, 4) is 0 Å². The van der Waals surface area contributed by atoms with Gasteiger partial charge >= 0.3 is 6.03 Å². The Morgan fingerprint density at radius 1 is 1.25 bits per heavy atom. The Kier molecular flexibility index (Phi) is 6.26. The van der Waals surface area contributed by atoms with Crippen LogP contribution in [0, 0.1) is 0 Å². The molecule has 0 bridgehead atoms. The van der Waals surface area contributed by atoms with Crippen molar-refractivity contribution in [3.63, 3.8) is 0 Å². The van der Waals surface area contributed by atoms with Crippen LogP contribution in [0.5, 0.6) is 0 Å². The van der Waals surface area contributed by atoms with Crippen molar-refractivity contribution < 1.29 is 18.0 Å². The van der Waals surface area contributed by atoms with E-state index < -0.39 is 22.0 Å². The molecule has 152 valence electrons. The number of imidazole rings is 1. The van der Waals surface area contributed by atoms with E-state index in [9.17, 15) is 18.0 Å². The van der Waals surface area contributed by atoms with Crippen LogP contribution in [-0.2, 0) is 21.4 Å². The monoisotopic (exact) mass is 425 g/mol. The molecule has 1 aromatic carbocycles. The Hall–Kier alpha value is -2.11. The summed E-state index contributed by atoms with van der Waals surface area (Å²) in [6.45, 7) is 3.63. The van der Waals surface area contributed by atoms with Crippen molar-refractivity contribution in [3.05, 3.63) is 18.2 Å². The molecular formula is C17H23N5O4S2. The second-order valence-corrected chi connectivity index (χ2v) is 9.34. The number of fused-ring (bicyclic) bond motifs is 1. The largest absolute Gasteiger partial charge is 0.351 e. The first-order chi connectivity index (χ1) is 13.3. The number of benzene rings is 1. The zero-order valence-electron chi connectivity index (χ0n) is 15.6. The number of piperidine rings is 1. The van der Waals surface area contributed by atoms with Crippen molar-refractivity contribution >= 4 is 44.8 Å². The topological polar surface area (TPSA) is 127 Å².